The zero-order valence-corrected chi connectivity index (χ0v) is 34.2. The third-order valence-corrected chi connectivity index (χ3v) is 9.85. The molecular formula is C46H56N2O10. The molecule has 0 radical (unpaired) electrons. The fourth-order valence-electron chi connectivity index (χ4n) is 6.73. The molecule has 0 heterocycles. The Labute approximate surface area is 341 Å². The summed E-state index contributed by atoms with van der Waals surface area (Å²) < 4.78 is 22.7. The second-order valence-corrected chi connectivity index (χ2v) is 14.6. The quantitative estimate of drug-likeness (QED) is 0.0208. The van der Waals surface area contributed by atoms with Gasteiger partial charge in [0, 0.05) is 0 Å². The number of hydrogen-bond acceptors (Lipinski definition) is 10. The minimum atomic E-state index is -0.737. The average molecular weight is 797 g/mol. The van der Waals surface area contributed by atoms with E-state index in [4.69, 9.17) is 18.9 Å². The van der Waals surface area contributed by atoms with Crippen LogP contribution in [0.15, 0.2) is 72.8 Å². The summed E-state index contributed by atoms with van der Waals surface area (Å²) in [5.41, 5.74) is -0.0977. The summed E-state index contributed by atoms with van der Waals surface area (Å²) in [5, 5.41) is 24.8. The van der Waals surface area contributed by atoms with Crippen molar-refractivity contribution in [1.82, 2.24) is 0 Å². The Balaban J connectivity index is 1.41. The number of benzene rings is 4. The molecule has 0 N–H and O–H groups in total. The Bertz CT molecular complexity index is 1830. The molecule has 0 aromatic heterocycles. The number of aryl methyl sites for hydroxylation is 2. The molecule has 0 spiro atoms. The van der Waals surface area contributed by atoms with Gasteiger partial charge in [-0.15, -0.1) is 0 Å². The molecule has 0 bridgehead atoms. The molecule has 4 rings (SSSR count). The van der Waals surface area contributed by atoms with Gasteiger partial charge in [0.2, 0.25) is 0 Å². The summed E-state index contributed by atoms with van der Waals surface area (Å²) in [6, 6.07) is 17.9. The van der Waals surface area contributed by atoms with E-state index in [9.17, 15) is 29.8 Å². The summed E-state index contributed by atoms with van der Waals surface area (Å²) in [6.45, 7) is 8.61. The number of unbranched alkanes of at least 4 members (excludes halogenated alkanes) is 12. The van der Waals surface area contributed by atoms with E-state index in [2.05, 4.69) is 13.8 Å². The van der Waals surface area contributed by atoms with Crippen molar-refractivity contribution in [3.63, 3.8) is 0 Å². The van der Waals surface area contributed by atoms with Gasteiger partial charge in [-0.25, -0.2) is 9.59 Å². The third-order valence-electron chi connectivity index (χ3n) is 9.85. The maximum absolute atomic E-state index is 13.1. The molecule has 0 aliphatic rings. The second-order valence-electron chi connectivity index (χ2n) is 14.6. The molecule has 0 aliphatic heterocycles. The summed E-state index contributed by atoms with van der Waals surface area (Å²) in [6.07, 6.45) is 16.4. The van der Waals surface area contributed by atoms with Crippen LogP contribution < -0.4 is 18.9 Å². The highest BCUT2D eigenvalue weighted by molar-refractivity contribution is 5.93. The van der Waals surface area contributed by atoms with E-state index in [1.807, 2.05) is 0 Å². The normalized spacial score (nSPS) is 10.9. The van der Waals surface area contributed by atoms with E-state index in [0.29, 0.717) is 24.7 Å². The molecular weight excluding hydrogens is 741 g/mol. The van der Waals surface area contributed by atoms with Gasteiger partial charge in [0.05, 0.1) is 57.4 Å². The van der Waals surface area contributed by atoms with E-state index >= 15 is 0 Å². The molecule has 0 amide bonds. The number of nitro benzene ring substituents is 2. The fraction of sp³-hybridized carbons (Fsp3) is 0.435. The van der Waals surface area contributed by atoms with Crippen LogP contribution in [-0.2, 0) is 0 Å². The van der Waals surface area contributed by atoms with Crippen molar-refractivity contribution in [1.29, 1.82) is 0 Å². The van der Waals surface area contributed by atoms with Crippen LogP contribution in [0.2, 0.25) is 0 Å². The molecule has 0 fully saturated rings. The number of nitro groups is 2. The standard InChI is InChI=1S/C46H56N2O10/c1-5-7-9-11-13-15-17-27-55-37-23-19-35(20-24-37)45(49)57-39-29-33(3)43(41(31-39)47(51)52)44-34(4)30-40(32-42(44)48(53)54)58-46(50)36-21-25-38(26-22-36)56-28-18-16-14-12-10-8-6-2/h19-26,29-32H,5-18,27-28H2,1-4H3. The molecule has 310 valence electrons. The highest BCUT2D eigenvalue weighted by Crippen LogP contribution is 2.44. The molecule has 4 aromatic carbocycles. The number of esters is 2. The second kappa shape index (κ2) is 23.5. The molecule has 58 heavy (non-hydrogen) atoms. The highest BCUT2D eigenvalue weighted by Gasteiger charge is 2.30. The molecule has 4 aromatic rings. The lowest BCUT2D eigenvalue weighted by atomic mass is 9.93. The maximum atomic E-state index is 13.1. The Kier molecular flexibility index (Phi) is 18.2. The molecule has 12 nitrogen and oxygen atoms in total. The van der Waals surface area contributed by atoms with Gasteiger partial charge in [0.25, 0.3) is 11.4 Å². The first-order chi connectivity index (χ1) is 28.0. The monoisotopic (exact) mass is 796 g/mol. The Morgan fingerprint density at radius 2 is 0.810 bits per heavy atom. The van der Waals surface area contributed by atoms with Gasteiger partial charge in [-0.2, -0.15) is 0 Å². The van der Waals surface area contributed by atoms with Gasteiger partial charge in [0.1, 0.15) is 23.0 Å². The Hall–Kier alpha value is -5.78. The first kappa shape index (κ1) is 44.9. The number of rotatable bonds is 25. The predicted octanol–water partition coefficient (Wildman–Crippen LogP) is 12.5. The Morgan fingerprint density at radius 3 is 1.14 bits per heavy atom. The van der Waals surface area contributed by atoms with Crippen LogP contribution in [0.4, 0.5) is 11.4 Å². The van der Waals surface area contributed by atoms with Gasteiger partial charge in [-0.1, -0.05) is 90.9 Å². The van der Waals surface area contributed by atoms with Gasteiger partial charge in [-0.3, -0.25) is 20.2 Å². The first-order valence-corrected chi connectivity index (χ1v) is 20.5. The number of carbonyl (C=O) groups excluding carboxylic acids is 2. The minimum Gasteiger partial charge on any atom is -0.494 e. The molecule has 12 heteroatoms. The van der Waals surface area contributed by atoms with Gasteiger partial charge in [0.15, 0.2) is 0 Å². The van der Waals surface area contributed by atoms with Crippen LogP contribution in [0.5, 0.6) is 23.0 Å². The number of carbonyl (C=O) groups is 2. The van der Waals surface area contributed by atoms with E-state index in [1.54, 1.807) is 48.5 Å². The first-order valence-electron chi connectivity index (χ1n) is 20.5. The summed E-state index contributed by atoms with van der Waals surface area (Å²) in [4.78, 5) is 49.5. The topological polar surface area (TPSA) is 157 Å². The lowest BCUT2D eigenvalue weighted by Gasteiger charge is -2.14. The van der Waals surface area contributed by atoms with Gasteiger partial charge >= 0.3 is 11.9 Å². The van der Waals surface area contributed by atoms with Crippen molar-refractivity contribution in [2.75, 3.05) is 13.2 Å². The lowest BCUT2D eigenvalue weighted by molar-refractivity contribution is -0.386. The SMILES string of the molecule is CCCCCCCCCOc1ccc(C(=O)Oc2cc(C)c(-c3c(C)cc(OC(=O)c4ccc(OCCCCCCCCC)cc4)cc3[N+](=O)[O-])c([N+](=O)[O-])c2)cc1. The maximum Gasteiger partial charge on any atom is 0.343 e. The lowest BCUT2D eigenvalue weighted by Crippen LogP contribution is -2.10. The van der Waals surface area contributed by atoms with Crippen LogP contribution in [0.25, 0.3) is 11.1 Å². The average Bonchev–Trinajstić information content (AvgIpc) is 3.20. The largest absolute Gasteiger partial charge is 0.494 e. The van der Waals surface area contributed by atoms with Crippen LogP contribution >= 0.6 is 0 Å². The number of nitrogens with zero attached hydrogens (tertiary/aromatic N) is 2. The van der Waals surface area contributed by atoms with Crippen molar-refractivity contribution >= 4 is 23.3 Å². The van der Waals surface area contributed by atoms with Crippen LogP contribution in [-0.4, -0.2) is 35.0 Å². The van der Waals surface area contributed by atoms with Crippen LogP contribution in [0.1, 0.15) is 136 Å². The zero-order chi connectivity index (χ0) is 41.9. The van der Waals surface area contributed by atoms with Crippen molar-refractivity contribution in [3.05, 3.63) is 115 Å². The summed E-state index contributed by atoms with van der Waals surface area (Å²) in [5.74, 6) is -0.443. The van der Waals surface area contributed by atoms with Crippen LogP contribution in [0.3, 0.4) is 0 Å². The zero-order valence-electron chi connectivity index (χ0n) is 34.2. The minimum absolute atomic E-state index is 0.0265. The summed E-state index contributed by atoms with van der Waals surface area (Å²) >= 11 is 0. The van der Waals surface area contributed by atoms with Crippen molar-refractivity contribution < 1.29 is 38.4 Å². The molecule has 0 aliphatic carbocycles. The van der Waals surface area contributed by atoms with E-state index < -0.39 is 33.2 Å². The van der Waals surface area contributed by atoms with E-state index in [1.165, 1.54) is 90.2 Å². The predicted molar refractivity (Wildman–Crippen MR) is 224 cm³/mol. The molecule has 0 atom stereocenters. The van der Waals surface area contributed by atoms with Gasteiger partial charge in [-0.05, 0) is 98.5 Å². The summed E-state index contributed by atoms with van der Waals surface area (Å²) in [7, 11) is 0. The fourth-order valence-corrected chi connectivity index (χ4v) is 6.73. The van der Waals surface area contributed by atoms with Crippen molar-refractivity contribution in [2.24, 2.45) is 0 Å². The van der Waals surface area contributed by atoms with Crippen LogP contribution in [0, 0.1) is 34.1 Å². The van der Waals surface area contributed by atoms with E-state index in [0.717, 1.165) is 37.8 Å². The highest BCUT2D eigenvalue weighted by atomic mass is 16.6. The smallest absolute Gasteiger partial charge is 0.343 e. The molecule has 0 saturated heterocycles. The molecule has 0 unspecified atom stereocenters. The van der Waals surface area contributed by atoms with E-state index in [-0.39, 0.29) is 44.9 Å². The van der Waals surface area contributed by atoms with Crippen molar-refractivity contribution in [2.45, 2.75) is 118 Å². The number of ether oxygens (including phenoxy) is 4. The van der Waals surface area contributed by atoms with Crippen molar-refractivity contribution in [3.8, 4) is 34.1 Å². The third kappa shape index (κ3) is 13.7. The number of hydrogen-bond donors (Lipinski definition) is 0. The molecule has 0 saturated carbocycles. The Morgan fingerprint density at radius 1 is 0.483 bits per heavy atom. The van der Waals surface area contributed by atoms with Gasteiger partial charge < -0.3 is 18.9 Å².